The molecule has 1 amide bonds. The van der Waals surface area contributed by atoms with Crippen molar-refractivity contribution in [3.05, 3.63) is 51.0 Å². The largest absolute Gasteiger partial charge is 0.481 e. The molecule has 3 rings (SSSR count). The third-order valence-electron chi connectivity index (χ3n) is 5.85. The van der Waals surface area contributed by atoms with Gasteiger partial charge in [-0.05, 0) is 37.8 Å². The van der Waals surface area contributed by atoms with Crippen molar-refractivity contribution in [1.82, 2.24) is 10.3 Å². The number of carboxylic acid groups (broad SMARTS) is 1. The molecule has 1 heterocycles. The Hall–Kier alpha value is -2.87. The van der Waals surface area contributed by atoms with Gasteiger partial charge in [-0.15, -0.1) is 11.3 Å². The molecular formula is C25H30N2O5S. The van der Waals surface area contributed by atoms with Gasteiger partial charge in [0.25, 0.3) is 0 Å². The minimum absolute atomic E-state index is 0.00192. The molecule has 1 aliphatic rings. The Morgan fingerprint density at radius 1 is 1.12 bits per heavy atom. The smallest absolute Gasteiger partial charge is 0.303 e. The van der Waals surface area contributed by atoms with Crippen LogP contribution in [0.3, 0.4) is 0 Å². The Balaban J connectivity index is 1.53. The summed E-state index contributed by atoms with van der Waals surface area (Å²) in [5, 5.41) is 13.8. The second-order valence-corrected chi connectivity index (χ2v) is 9.60. The van der Waals surface area contributed by atoms with Gasteiger partial charge >= 0.3 is 5.97 Å². The standard InChI is InChI=1S/C25H30N2O5S/c1-16-9-10-18(21(11-16)25(32)17-5-2-3-6-17)12-20(28)13-23-27-19(15-33-23)14-26-22(29)7-4-8-24(30)31/h9-11,15,17H,2-8,12-14H2,1H3,(H,26,29)(H,30,31). The third kappa shape index (κ3) is 7.60. The molecule has 176 valence electrons. The van der Waals surface area contributed by atoms with E-state index in [2.05, 4.69) is 10.3 Å². The summed E-state index contributed by atoms with van der Waals surface area (Å²) in [5.41, 5.74) is 3.15. The fourth-order valence-electron chi connectivity index (χ4n) is 4.11. The lowest BCUT2D eigenvalue weighted by molar-refractivity contribution is -0.137. The molecule has 2 N–H and O–H groups in total. The van der Waals surface area contributed by atoms with Crippen LogP contribution in [0.4, 0.5) is 0 Å². The number of aliphatic carboxylic acids is 1. The Morgan fingerprint density at radius 3 is 2.61 bits per heavy atom. The van der Waals surface area contributed by atoms with Gasteiger partial charge in [0, 0.05) is 36.1 Å². The van der Waals surface area contributed by atoms with Crippen molar-refractivity contribution in [1.29, 1.82) is 0 Å². The number of aromatic nitrogens is 1. The quantitative estimate of drug-likeness (QED) is 0.453. The van der Waals surface area contributed by atoms with Gasteiger partial charge in [0.2, 0.25) is 5.91 Å². The number of hydrogen-bond donors (Lipinski definition) is 2. The number of Topliss-reactive ketones (excluding diaryl/α,β-unsaturated/α-hetero) is 2. The lowest BCUT2D eigenvalue weighted by Crippen LogP contribution is -2.22. The van der Waals surface area contributed by atoms with Crippen LogP contribution in [0.2, 0.25) is 0 Å². The molecule has 1 saturated carbocycles. The van der Waals surface area contributed by atoms with Crippen LogP contribution >= 0.6 is 11.3 Å². The molecule has 2 aromatic rings. The van der Waals surface area contributed by atoms with E-state index < -0.39 is 5.97 Å². The van der Waals surface area contributed by atoms with Crippen LogP contribution < -0.4 is 5.32 Å². The summed E-state index contributed by atoms with van der Waals surface area (Å²) in [6, 6.07) is 5.74. The first-order valence-electron chi connectivity index (χ1n) is 11.4. The molecule has 0 spiro atoms. The number of nitrogens with one attached hydrogen (secondary N) is 1. The van der Waals surface area contributed by atoms with E-state index in [9.17, 15) is 19.2 Å². The first kappa shape index (κ1) is 24.8. The van der Waals surface area contributed by atoms with E-state index in [4.69, 9.17) is 5.11 Å². The molecule has 1 aromatic heterocycles. The number of carboxylic acids is 1. The van der Waals surface area contributed by atoms with E-state index in [-0.39, 0.29) is 55.6 Å². The van der Waals surface area contributed by atoms with Gasteiger partial charge in [-0.25, -0.2) is 4.98 Å². The van der Waals surface area contributed by atoms with Gasteiger partial charge in [0.1, 0.15) is 10.8 Å². The van der Waals surface area contributed by atoms with Crippen molar-refractivity contribution in [3.8, 4) is 0 Å². The number of aryl methyl sites for hydroxylation is 1. The summed E-state index contributed by atoms with van der Waals surface area (Å²) < 4.78 is 0. The number of rotatable bonds is 12. The van der Waals surface area contributed by atoms with Gasteiger partial charge in [-0.3, -0.25) is 19.2 Å². The lowest BCUT2D eigenvalue weighted by atomic mass is 9.90. The zero-order chi connectivity index (χ0) is 23.8. The molecule has 33 heavy (non-hydrogen) atoms. The summed E-state index contributed by atoms with van der Waals surface area (Å²) >= 11 is 1.37. The van der Waals surface area contributed by atoms with Crippen LogP contribution in [0.15, 0.2) is 23.6 Å². The topological polar surface area (TPSA) is 113 Å². The normalized spacial score (nSPS) is 13.7. The molecular weight excluding hydrogens is 440 g/mol. The van der Waals surface area contributed by atoms with Crippen molar-refractivity contribution >= 4 is 34.8 Å². The van der Waals surface area contributed by atoms with Crippen LogP contribution in [0, 0.1) is 12.8 Å². The van der Waals surface area contributed by atoms with Crippen LogP contribution in [0.5, 0.6) is 0 Å². The molecule has 0 atom stereocenters. The van der Waals surface area contributed by atoms with Gasteiger partial charge in [-0.1, -0.05) is 30.5 Å². The van der Waals surface area contributed by atoms with E-state index in [0.717, 1.165) is 36.8 Å². The number of carbonyl (C=O) groups is 4. The fraction of sp³-hybridized carbons (Fsp3) is 0.480. The molecule has 1 aliphatic carbocycles. The van der Waals surface area contributed by atoms with Gasteiger partial charge in [0.05, 0.1) is 18.7 Å². The molecule has 0 unspecified atom stereocenters. The molecule has 0 aliphatic heterocycles. The van der Waals surface area contributed by atoms with Gasteiger partial charge < -0.3 is 10.4 Å². The van der Waals surface area contributed by atoms with E-state index >= 15 is 0 Å². The summed E-state index contributed by atoms with van der Waals surface area (Å²) in [5.74, 6) is -0.910. The summed E-state index contributed by atoms with van der Waals surface area (Å²) in [6.45, 7) is 2.20. The summed E-state index contributed by atoms with van der Waals surface area (Å²) in [7, 11) is 0. The first-order valence-corrected chi connectivity index (χ1v) is 12.3. The SMILES string of the molecule is Cc1ccc(CC(=O)Cc2nc(CNC(=O)CCCC(=O)O)cs2)c(C(=O)C2CCCC2)c1. The van der Waals surface area contributed by atoms with Crippen molar-refractivity contribution in [2.75, 3.05) is 0 Å². The minimum Gasteiger partial charge on any atom is -0.481 e. The summed E-state index contributed by atoms with van der Waals surface area (Å²) in [6.07, 6.45) is 4.83. The highest BCUT2D eigenvalue weighted by Gasteiger charge is 2.26. The maximum atomic E-state index is 13.0. The Morgan fingerprint density at radius 2 is 1.88 bits per heavy atom. The Kier molecular flexibility index (Phi) is 8.88. The zero-order valence-corrected chi connectivity index (χ0v) is 19.7. The van der Waals surface area contributed by atoms with Crippen molar-refractivity contribution < 1.29 is 24.3 Å². The maximum absolute atomic E-state index is 13.0. The van der Waals surface area contributed by atoms with E-state index in [1.54, 1.807) is 5.38 Å². The molecule has 1 aromatic carbocycles. The van der Waals surface area contributed by atoms with Crippen LogP contribution in [0.25, 0.3) is 0 Å². The highest BCUT2D eigenvalue weighted by atomic mass is 32.1. The number of carbonyl (C=O) groups excluding carboxylic acids is 3. The second-order valence-electron chi connectivity index (χ2n) is 8.66. The van der Waals surface area contributed by atoms with Crippen LogP contribution in [0.1, 0.15) is 77.1 Å². The highest BCUT2D eigenvalue weighted by Crippen LogP contribution is 2.29. The minimum atomic E-state index is -0.919. The second kappa shape index (κ2) is 11.8. The average Bonchev–Trinajstić information content (AvgIpc) is 3.45. The summed E-state index contributed by atoms with van der Waals surface area (Å²) in [4.78, 5) is 52.5. The van der Waals surface area contributed by atoms with E-state index in [1.165, 1.54) is 11.3 Å². The number of hydrogen-bond acceptors (Lipinski definition) is 6. The first-order chi connectivity index (χ1) is 15.8. The van der Waals surface area contributed by atoms with Crippen LogP contribution in [-0.2, 0) is 33.8 Å². The molecule has 0 radical (unpaired) electrons. The molecule has 1 fully saturated rings. The van der Waals surface area contributed by atoms with Crippen molar-refractivity contribution in [2.45, 2.75) is 71.3 Å². The maximum Gasteiger partial charge on any atom is 0.303 e. The predicted octanol–water partition coefficient (Wildman–Crippen LogP) is 4.05. The zero-order valence-electron chi connectivity index (χ0n) is 18.9. The number of thiazole rings is 1. The fourth-order valence-corrected chi connectivity index (χ4v) is 4.94. The molecule has 8 heteroatoms. The molecule has 0 bridgehead atoms. The van der Waals surface area contributed by atoms with Crippen molar-refractivity contribution in [2.24, 2.45) is 5.92 Å². The van der Waals surface area contributed by atoms with Crippen LogP contribution in [-0.4, -0.2) is 33.5 Å². The van der Waals surface area contributed by atoms with E-state index in [1.807, 2.05) is 25.1 Å². The molecule has 7 nitrogen and oxygen atoms in total. The number of ketones is 2. The van der Waals surface area contributed by atoms with Crippen molar-refractivity contribution in [3.63, 3.8) is 0 Å². The molecule has 0 saturated heterocycles. The predicted molar refractivity (Wildman–Crippen MR) is 125 cm³/mol. The average molecular weight is 471 g/mol. The highest BCUT2D eigenvalue weighted by molar-refractivity contribution is 7.09. The van der Waals surface area contributed by atoms with Gasteiger partial charge in [-0.2, -0.15) is 0 Å². The lowest BCUT2D eigenvalue weighted by Gasteiger charge is -2.13. The Bertz CT molecular complexity index is 1020. The number of amides is 1. The van der Waals surface area contributed by atoms with E-state index in [0.29, 0.717) is 22.7 Å². The number of nitrogens with zero attached hydrogens (tertiary/aromatic N) is 1. The monoisotopic (exact) mass is 470 g/mol. The van der Waals surface area contributed by atoms with Gasteiger partial charge in [0.15, 0.2) is 5.78 Å². The third-order valence-corrected chi connectivity index (χ3v) is 6.75. The Labute approximate surface area is 197 Å². The number of benzene rings is 1.